The summed E-state index contributed by atoms with van der Waals surface area (Å²) < 4.78 is 13.9. The molecule has 4 heteroatoms. The molecule has 0 bridgehead atoms. The van der Waals surface area contributed by atoms with E-state index < -0.39 is 5.82 Å². The molecule has 2 aromatic rings. The van der Waals surface area contributed by atoms with Crippen molar-refractivity contribution in [3.8, 4) is 11.1 Å². The molecule has 2 rings (SSSR count). The highest BCUT2D eigenvalue weighted by Crippen LogP contribution is 2.37. The van der Waals surface area contributed by atoms with Gasteiger partial charge in [0, 0.05) is 10.5 Å². The molecule has 0 aliphatic carbocycles. The minimum Gasteiger partial charge on any atom is -0.396 e. The molecule has 82 valence electrons. The third kappa shape index (κ3) is 1.88. The van der Waals surface area contributed by atoms with Crippen molar-refractivity contribution in [2.24, 2.45) is 0 Å². The van der Waals surface area contributed by atoms with E-state index in [1.807, 2.05) is 18.2 Å². The summed E-state index contributed by atoms with van der Waals surface area (Å²) in [7, 11) is 0. The van der Waals surface area contributed by atoms with Gasteiger partial charge in [0.25, 0.3) is 0 Å². The fourth-order valence-electron chi connectivity index (χ4n) is 1.50. The number of nitrogens with two attached hydrogens (primary N) is 1. The molecule has 0 saturated carbocycles. The number of anilines is 1. The Morgan fingerprint density at radius 3 is 2.44 bits per heavy atom. The predicted octanol–water partition coefficient (Wildman–Crippen LogP) is 4.02. The Hall–Kier alpha value is -1.19. The van der Waals surface area contributed by atoms with E-state index >= 15 is 0 Å². The summed E-state index contributed by atoms with van der Waals surface area (Å²) in [5.41, 5.74) is 6.58. The van der Waals surface area contributed by atoms with Crippen molar-refractivity contribution in [3.63, 3.8) is 0 Å². The fourth-order valence-corrected chi connectivity index (χ4v) is 2.00. The van der Waals surface area contributed by atoms with E-state index in [1.54, 1.807) is 12.1 Å². The van der Waals surface area contributed by atoms with Gasteiger partial charge in [-0.1, -0.05) is 41.9 Å². The molecule has 16 heavy (non-hydrogen) atoms. The van der Waals surface area contributed by atoms with Crippen LogP contribution in [0, 0.1) is 5.82 Å². The van der Waals surface area contributed by atoms with E-state index in [4.69, 9.17) is 17.3 Å². The Kier molecular flexibility index (Phi) is 3.08. The third-order valence-electron chi connectivity index (χ3n) is 2.27. The molecule has 0 fully saturated rings. The molecule has 0 heterocycles. The minimum atomic E-state index is -0.506. The normalized spacial score (nSPS) is 10.4. The van der Waals surface area contributed by atoms with E-state index in [0.29, 0.717) is 16.0 Å². The number of hydrogen-bond donors (Lipinski definition) is 2. The second-order valence-corrected chi connectivity index (χ2v) is 4.21. The second kappa shape index (κ2) is 4.36. The molecule has 0 amide bonds. The van der Waals surface area contributed by atoms with Crippen LogP contribution in [0.2, 0.25) is 5.02 Å². The molecule has 0 radical (unpaired) electrons. The predicted molar refractivity (Wildman–Crippen MR) is 68.5 cm³/mol. The maximum absolute atomic E-state index is 13.9. The van der Waals surface area contributed by atoms with E-state index in [0.717, 1.165) is 0 Å². The summed E-state index contributed by atoms with van der Waals surface area (Å²) in [5, 5.41) is 0.279. The largest absolute Gasteiger partial charge is 0.396 e. The van der Waals surface area contributed by atoms with Crippen molar-refractivity contribution in [2.45, 2.75) is 4.90 Å². The average Bonchev–Trinajstić information content (AvgIpc) is 2.28. The smallest absolute Gasteiger partial charge is 0.155 e. The summed E-state index contributed by atoms with van der Waals surface area (Å²) in [4.78, 5) is 0.472. The number of benzene rings is 2. The van der Waals surface area contributed by atoms with Gasteiger partial charge in [0.2, 0.25) is 0 Å². The Balaban J connectivity index is 2.74. The van der Waals surface area contributed by atoms with Crippen LogP contribution in [-0.4, -0.2) is 0 Å². The van der Waals surface area contributed by atoms with Crippen LogP contribution in [-0.2, 0) is 0 Å². The van der Waals surface area contributed by atoms with Gasteiger partial charge in [-0.05, 0) is 11.6 Å². The van der Waals surface area contributed by atoms with Crippen LogP contribution < -0.4 is 5.73 Å². The summed E-state index contributed by atoms with van der Waals surface area (Å²) in [5.74, 6) is -0.506. The third-order valence-corrected chi connectivity index (χ3v) is 3.15. The van der Waals surface area contributed by atoms with Crippen LogP contribution in [0.25, 0.3) is 11.1 Å². The van der Waals surface area contributed by atoms with Gasteiger partial charge < -0.3 is 5.73 Å². The Morgan fingerprint density at radius 1 is 1.19 bits per heavy atom. The van der Waals surface area contributed by atoms with Crippen molar-refractivity contribution in [1.29, 1.82) is 0 Å². The van der Waals surface area contributed by atoms with E-state index in [-0.39, 0.29) is 10.7 Å². The number of halogens is 2. The molecule has 2 N–H and O–H groups in total. The van der Waals surface area contributed by atoms with Gasteiger partial charge in [0.15, 0.2) is 5.82 Å². The van der Waals surface area contributed by atoms with E-state index in [1.165, 1.54) is 6.07 Å². The molecule has 0 atom stereocenters. The lowest BCUT2D eigenvalue weighted by molar-refractivity contribution is 0.635. The number of thiol groups is 1. The van der Waals surface area contributed by atoms with Crippen LogP contribution in [0.15, 0.2) is 41.3 Å². The maximum Gasteiger partial charge on any atom is 0.155 e. The van der Waals surface area contributed by atoms with Gasteiger partial charge in [-0.2, -0.15) is 0 Å². The minimum absolute atomic E-state index is 0.0493. The fraction of sp³-hybridized carbons (Fsp3) is 0. The van der Waals surface area contributed by atoms with Crippen LogP contribution in [0.1, 0.15) is 0 Å². The average molecular weight is 254 g/mol. The zero-order valence-corrected chi connectivity index (χ0v) is 9.89. The lowest BCUT2D eigenvalue weighted by Gasteiger charge is -2.10. The second-order valence-electron chi connectivity index (χ2n) is 3.35. The maximum atomic E-state index is 13.9. The standard InChI is InChI=1S/C12H9ClFNS/c13-11-9(16)6-8(15)12(14)10(11)7-4-2-1-3-5-7/h1-6,16H,15H2. The van der Waals surface area contributed by atoms with Gasteiger partial charge in [0.1, 0.15) is 0 Å². The van der Waals surface area contributed by atoms with Crippen LogP contribution in [0.4, 0.5) is 10.1 Å². The first kappa shape index (κ1) is 11.3. The van der Waals surface area contributed by atoms with Crippen molar-refractivity contribution in [3.05, 3.63) is 47.2 Å². The summed E-state index contributed by atoms with van der Waals surface area (Å²) in [6.07, 6.45) is 0. The van der Waals surface area contributed by atoms with Gasteiger partial charge in [-0.15, -0.1) is 12.6 Å². The molecular formula is C12H9ClFNS. The van der Waals surface area contributed by atoms with Gasteiger partial charge in [-0.25, -0.2) is 4.39 Å². The number of nitrogen functional groups attached to an aromatic ring is 1. The van der Waals surface area contributed by atoms with Crippen molar-refractivity contribution in [2.75, 3.05) is 5.73 Å². The topological polar surface area (TPSA) is 26.0 Å². The molecular weight excluding hydrogens is 245 g/mol. The van der Waals surface area contributed by atoms with Gasteiger partial charge in [-0.3, -0.25) is 0 Å². The quantitative estimate of drug-likeness (QED) is 0.583. The van der Waals surface area contributed by atoms with E-state index in [9.17, 15) is 4.39 Å². The lowest BCUT2D eigenvalue weighted by atomic mass is 10.0. The summed E-state index contributed by atoms with van der Waals surface area (Å²) in [6, 6.07) is 10.4. The first-order valence-electron chi connectivity index (χ1n) is 4.63. The van der Waals surface area contributed by atoms with Crippen molar-refractivity contribution < 1.29 is 4.39 Å². The van der Waals surface area contributed by atoms with Crippen molar-refractivity contribution >= 4 is 29.9 Å². The monoisotopic (exact) mass is 253 g/mol. The molecule has 1 nitrogen and oxygen atoms in total. The molecule has 0 aliphatic heterocycles. The highest BCUT2D eigenvalue weighted by molar-refractivity contribution is 7.80. The molecule has 2 aromatic carbocycles. The highest BCUT2D eigenvalue weighted by atomic mass is 35.5. The van der Waals surface area contributed by atoms with Crippen LogP contribution in [0.3, 0.4) is 0 Å². The first-order chi connectivity index (χ1) is 7.61. The summed E-state index contributed by atoms with van der Waals surface area (Å²) in [6.45, 7) is 0. The number of rotatable bonds is 1. The molecule has 0 aromatic heterocycles. The Labute approximate surface area is 103 Å². The van der Waals surface area contributed by atoms with E-state index in [2.05, 4.69) is 12.6 Å². The van der Waals surface area contributed by atoms with Gasteiger partial charge >= 0.3 is 0 Å². The lowest BCUT2D eigenvalue weighted by Crippen LogP contribution is -1.95. The van der Waals surface area contributed by atoms with Crippen molar-refractivity contribution in [1.82, 2.24) is 0 Å². The Morgan fingerprint density at radius 2 is 1.81 bits per heavy atom. The van der Waals surface area contributed by atoms with Crippen LogP contribution in [0.5, 0.6) is 0 Å². The SMILES string of the molecule is Nc1cc(S)c(Cl)c(-c2ccccc2)c1F. The van der Waals surface area contributed by atoms with Crippen LogP contribution >= 0.6 is 24.2 Å². The number of hydrogen-bond acceptors (Lipinski definition) is 2. The first-order valence-corrected chi connectivity index (χ1v) is 5.45. The molecule has 0 saturated heterocycles. The zero-order valence-electron chi connectivity index (χ0n) is 8.24. The molecule has 0 unspecified atom stereocenters. The highest BCUT2D eigenvalue weighted by Gasteiger charge is 2.15. The Bertz CT molecular complexity index is 502. The summed E-state index contributed by atoms with van der Waals surface area (Å²) >= 11 is 10.2. The molecule has 0 aliphatic rings. The van der Waals surface area contributed by atoms with Gasteiger partial charge in [0.05, 0.1) is 10.7 Å². The zero-order chi connectivity index (χ0) is 11.7. The molecule has 0 spiro atoms.